The third kappa shape index (κ3) is 5.94. The molecule has 0 spiro atoms. The molecule has 0 radical (unpaired) electrons. The van der Waals surface area contributed by atoms with Crippen molar-refractivity contribution in [1.29, 1.82) is 0 Å². The van der Waals surface area contributed by atoms with Gasteiger partial charge in [-0.3, -0.25) is 9.59 Å². The summed E-state index contributed by atoms with van der Waals surface area (Å²) in [4.78, 5) is 39.1. The number of hydrazone groups is 1. The number of esters is 1. The van der Waals surface area contributed by atoms with Gasteiger partial charge in [0.25, 0.3) is 11.8 Å². The molecule has 4 aromatic carbocycles. The van der Waals surface area contributed by atoms with E-state index in [0.717, 1.165) is 27.6 Å². The van der Waals surface area contributed by atoms with Crippen LogP contribution in [0.1, 0.15) is 47.8 Å². The van der Waals surface area contributed by atoms with Crippen molar-refractivity contribution in [1.82, 2.24) is 10.3 Å². The lowest BCUT2D eigenvalue weighted by atomic mass is 9.97. The highest BCUT2D eigenvalue weighted by Crippen LogP contribution is 2.33. The number of carbonyl (C=O) groups is 3. The molecule has 5 rings (SSSR count). The standard InChI is InChI=1S/C33H31N3O4/c1-22(2)31(34-32(38)25-14-7-4-8-15-25)33(39)40-21-30(37)36-29(24-12-5-3-6-13-24)20-28(35-36)27-18-17-23-11-9-10-16-26(23)19-27/h3-19,22,29,31H,20-21H2,1-2H3,(H,34,38)/t29-,31-/m0/s1. The van der Waals surface area contributed by atoms with Gasteiger partial charge in [-0.25, -0.2) is 9.80 Å². The lowest BCUT2D eigenvalue weighted by molar-refractivity contribution is -0.155. The monoisotopic (exact) mass is 533 g/mol. The fraction of sp³-hybridized carbons (Fsp3) is 0.212. The van der Waals surface area contributed by atoms with Crippen molar-refractivity contribution < 1.29 is 19.1 Å². The summed E-state index contributed by atoms with van der Waals surface area (Å²) >= 11 is 0. The average molecular weight is 534 g/mol. The molecule has 4 aromatic rings. The van der Waals surface area contributed by atoms with Crippen LogP contribution in [0.25, 0.3) is 10.8 Å². The lowest BCUT2D eigenvalue weighted by Crippen LogP contribution is -2.46. The maximum Gasteiger partial charge on any atom is 0.329 e. The molecule has 7 heteroatoms. The molecule has 1 aliphatic heterocycles. The number of hydrogen-bond donors (Lipinski definition) is 1. The average Bonchev–Trinajstić information content (AvgIpc) is 3.44. The van der Waals surface area contributed by atoms with Gasteiger partial charge in [-0.05, 0) is 46.0 Å². The topological polar surface area (TPSA) is 88.1 Å². The van der Waals surface area contributed by atoms with Crippen molar-refractivity contribution in [3.63, 3.8) is 0 Å². The minimum Gasteiger partial charge on any atom is -0.454 e. The molecule has 0 saturated carbocycles. The van der Waals surface area contributed by atoms with Gasteiger partial charge >= 0.3 is 5.97 Å². The second-order valence-electron chi connectivity index (χ2n) is 10.1. The van der Waals surface area contributed by atoms with Crippen LogP contribution in [-0.2, 0) is 14.3 Å². The maximum absolute atomic E-state index is 13.4. The van der Waals surface area contributed by atoms with Gasteiger partial charge < -0.3 is 10.1 Å². The summed E-state index contributed by atoms with van der Waals surface area (Å²) in [5.41, 5.74) is 3.11. The van der Waals surface area contributed by atoms with Crippen molar-refractivity contribution in [2.75, 3.05) is 6.61 Å². The molecule has 202 valence electrons. The molecular weight excluding hydrogens is 502 g/mol. The smallest absolute Gasteiger partial charge is 0.329 e. The number of nitrogens with one attached hydrogen (secondary N) is 1. The van der Waals surface area contributed by atoms with Gasteiger partial charge in [0.2, 0.25) is 0 Å². The minimum absolute atomic E-state index is 0.239. The number of hydrogen-bond acceptors (Lipinski definition) is 5. The fourth-order valence-corrected chi connectivity index (χ4v) is 4.82. The van der Waals surface area contributed by atoms with Crippen LogP contribution in [0.3, 0.4) is 0 Å². The number of rotatable bonds is 8. The molecular formula is C33H31N3O4. The summed E-state index contributed by atoms with van der Waals surface area (Å²) in [6.07, 6.45) is 0.532. The van der Waals surface area contributed by atoms with Gasteiger partial charge in [-0.15, -0.1) is 0 Å². The van der Waals surface area contributed by atoms with Gasteiger partial charge in [-0.2, -0.15) is 5.10 Å². The molecule has 0 fully saturated rings. The Balaban J connectivity index is 1.32. The molecule has 1 aliphatic rings. The normalized spacial score (nSPS) is 15.5. The van der Waals surface area contributed by atoms with E-state index in [1.54, 1.807) is 24.3 Å². The minimum atomic E-state index is -0.902. The van der Waals surface area contributed by atoms with E-state index in [9.17, 15) is 14.4 Å². The van der Waals surface area contributed by atoms with Gasteiger partial charge in [0, 0.05) is 12.0 Å². The van der Waals surface area contributed by atoms with Crippen molar-refractivity contribution in [2.45, 2.75) is 32.4 Å². The van der Waals surface area contributed by atoms with Gasteiger partial charge in [0.05, 0.1) is 11.8 Å². The highest BCUT2D eigenvalue weighted by atomic mass is 16.5. The maximum atomic E-state index is 13.4. The zero-order chi connectivity index (χ0) is 28.1. The Morgan fingerprint density at radius 2 is 1.52 bits per heavy atom. The predicted octanol–water partition coefficient (Wildman–Crippen LogP) is 5.52. The summed E-state index contributed by atoms with van der Waals surface area (Å²) in [5, 5.41) is 11.1. The molecule has 0 aromatic heterocycles. The van der Waals surface area contributed by atoms with Gasteiger partial charge in [-0.1, -0.05) is 98.8 Å². The van der Waals surface area contributed by atoms with Crippen LogP contribution in [0.5, 0.6) is 0 Å². The summed E-state index contributed by atoms with van der Waals surface area (Å²) in [6.45, 7) is 3.14. The van der Waals surface area contributed by atoms with Crippen molar-refractivity contribution in [2.24, 2.45) is 11.0 Å². The van der Waals surface area contributed by atoms with Gasteiger partial charge in [0.15, 0.2) is 6.61 Å². The SMILES string of the molecule is CC(C)[C@H](NC(=O)c1ccccc1)C(=O)OCC(=O)N1N=C(c2ccc3ccccc3c2)C[C@H]1c1ccccc1. The molecule has 2 atom stereocenters. The quantitative estimate of drug-likeness (QED) is 0.302. The van der Waals surface area contributed by atoms with E-state index < -0.39 is 24.5 Å². The van der Waals surface area contributed by atoms with Crippen LogP contribution in [0, 0.1) is 5.92 Å². The molecule has 0 saturated heterocycles. The van der Waals surface area contributed by atoms with E-state index in [4.69, 9.17) is 9.84 Å². The molecule has 2 amide bonds. The summed E-state index contributed by atoms with van der Waals surface area (Å²) in [7, 11) is 0. The predicted molar refractivity (Wildman–Crippen MR) is 155 cm³/mol. The first kappa shape index (κ1) is 26.8. The Morgan fingerprint density at radius 1 is 0.875 bits per heavy atom. The number of benzene rings is 4. The Morgan fingerprint density at radius 3 is 2.23 bits per heavy atom. The molecule has 1 heterocycles. The molecule has 0 bridgehead atoms. The van der Waals surface area contributed by atoms with Crippen LogP contribution in [0.4, 0.5) is 0 Å². The first-order chi connectivity index (χ1) is 19.4. The molecule has 0 aliphatic carbocycles. The number of nitrogens with zero attached hydrogens (tertiary/aromatic N) is 2. The summed E-state index contributed by atoms with van der Waals surface area (Å²) in [5.74, 6) is -1.72. The van der Waals surface area contributed by atoms with Crippen LogP contribution in [0.15, 0.2) is 108 Å². The van der Waals surface area contributed by atoms with Gasteiger partial charge in [0.1, 0.15) is 6.04 Å². The van der Waals surface area contributed by atoms with Crippen molar-refractivity contribution >= 4 is 34.3 Å². The van der Waals surface area contributed by atoms with Crippen LogP contribution in [0.2, 0.25) is 0 Å². The number of carbonyl (C=O) groups excluding carboxylic acids is 3. The molecule has 7 nitrogen and oxygen atoms in total. The lowest BCUT2D eigenvalue weighted by Gasteiger charge is -2.24. The Kier molecular flexibility index (Phi) is 8.01. The number of fused-ring (bicyclic) bond motifs is 1. The van der Waals surface area contributed by atoms with E-state index >= 15 is 0 Å². The first-order valence-electron chi connectivity index (χ1n) is 13.4. The zero-order valence-electron chi connectivity index (χ0n) is 22.5. The van der Waals surface area contributed by atoms with E-state index in [2.05, 4.69) is 17.4 Å². The van der Waals surface area contributed by atoms with E-state index in [0.29, 0.717) is 12.0 Å². The van der Waals surface area contributed by atoms with E-state index in [1.165, 1.54) is 5.01 Å². The largest absolute Gasteiger partial charge is 0.454 e. The van der Waals surface area contributed by atoms with Crippen LogP contribution in [-0.4, -0.2) is 41.2 Å². The summed E-state index contributed by atoms with van der Waals surface area (Å²) in [6, 6.07) is 31.4. The highest BCUT2D eigenvalue weighted by Gasteiger charge is 2.34. The Labute approximate surface area is 233 Å². The molecule has 0 unspecified atom stereocenters. The molecule has 40 heavy (non-hydrogen) atoms. The number of ether oxygens (including phenoxy) is 1. The van der Waals surface area contributed by atoms with Crippen LogP contribution < -0.4 is 5.32 Å². The Hall–Kier alpha value is -4.78. The third-order valence-electron chi connectivity index (χ3n) is 7.01. The fourth-order valence-electron chi connectivity index (χ4n) is 4.82. The third-order valence-corrected chi connectivity index (χ3v) is 7.01. The zero-order valence-corrected chi connectivity index (χ0v) is 22.5. The number of amides is 2. The highest BCUT2D eigenvalue weighted by molar-refractivity contribution is 6.05. The van der Waals surface area contributed by atoms with Crippen molar-refractivity contribution in [3.8, 4) is 0 Å². The Bertz CT molecular complexity index is 1550. The summed E-state index contributed by atoms with van der Waals surface area (Å²) < 4.78 is 5.45. The van der Waals surface area contributed by atoms with E-state index in [-0.39, 0.29) is 17.9 Å². The first-order valence-corrected chi connectivity index (χ1v) is 13.4. The second kappa shape index (κ2) is 11.9. The van der Waals surface area contributed by atoms with Crippen molar-refractivity contribution in [3.05, 3.63) is 120 Å². The van der Waals surface area contributed by atoms with E-state index in [1.807, 2.05) is 80.6 Å². The second-order valence-corrected chi connectivity index (χ2v) is 10.1. The van der Waals surface area contributed by atoms with Crippen LogP contribution >= 0.6 is 0 Å². The molecule has 1 N–H and O–H groups in total.